The number of aryl methyl sites for hydroxylation is 3. The summed E-state index contributed by atoms with van der Waals surface area (Å²) in [7, 11) is 1.86. The van der Waals surface area contributed by atoms with Crippen LogP contribution in [0.2, 0.25) is 0 Å². The minimum Gasteiger partial charge on any atom is -0.307 e. The lowest BCUT2D eigenvalue weighted by molar-refractivity contribution is -0.105. The Kier molecular flexibility index (Phi) is 5.01. The van der Waals surface area contributed by atoms with Crippen molar-refractivity contribution in [1.82, 2.24) is 8.94 Å². The number of nitrogens with zero attached hydrogens (tertiary/aromatic N) is 3. The molecule has 0 bridgehead atoms. The normalized spacial score (nSPS) is 13.0. The molecule has 1 heterocycles. The van der Waals surface area contributed by atoms with Crippen molar-refractivity contribution in [2.75, 3.05) is 5.75 Å². The summed E-state index contributed by atoms with van der Waals surface area (Å²) in [5.74, 6) is -0.0516. The van der Waals surface area contributed by atoms with Crippen LogP contribution in [0.15, 0.2) is 22.0 Å². The first-order valence-corrected chi connectivity index (χ1v) is 8.28. The average molecular weight is 347 g/mol. The molecule has 0 N–H and O–H groups in total. The predicted octanol–water partition coefficient (Wildman–Crippen LogP) is 4.29. The van der Waals surface area contributed by atoms with Gasteiger partial charge in [-0.3, -0.25) is 0 Å². The Balaban J connectivity index is 2.41. The second-order valence-electron chi connectivity index (χ2n) is 4.99. The van der Waals surface area contributed by atoms with Gasteiger partial charge in [-0.2, -0.15) is 17.5 Å². The highest BCUT2D eigenvalue weighted by Gasteiger charge is 2.27. The largest absolute Gasteiger partial charge is 0.398 e. The third-order valence-corrected chi connectivity index (χ3v) is 5.24. The maximum Gasteiger partial charge on any atom is 0.398 e. The fraction of sp³-hybridized carbons (Fsp3) is 0.429. The van der Waals surface area contributed by atoms with E-state index in [1.807, 2.05) is 38.5 Å². The molecule has 0 amide bonds. The number of rotatable bonds is 3. The SMILES string of the molecule is Cc1cc(C)c(SCC(F)(F)F)cc1/N=c1/snc(C)n1C. The smallest absolute Gasteiger partial charge is 0.307 e. The van der Waals surface area contributed by atoms with Crippen LogP contribution in [0.4, 0.5) is 18.9 Å². The zero-order valence-corrected chi connectivity index (χ0v) is 14.3. The molecule has 0 atom stereocenters. The van der Waals surface area contributed by atoms with Crippen LogP contribution in [0, 0.1) is 20.8 Å². The summed E-state index contributed by atoms with van der Waals surface area (Å²) in [5, 5.41) is 0. The summed E-state index contributed by atoms with van der Waals surface area (Å²) in [4.78, 5) is 5.85. The first-order valence-electron chi connectivity index (χ1n) is 6.52. The standard InChI is InChI=1S/C14H16F3N3S2/c1-8-5-9(2)12(21-7-14(15,16)17)6-11(8)18-13-20(4)10(3)19-22-13/h5-6H,7H2,1-4H3/b18-13+. The van der Waals surface area contributed by atoms with E-state index < -0.39 is 11.9 Å². The number of benzene rings is 1. The maximum absolute atomic E-state index is 12.4. The molecule has 0 unspecified atom stereocenters. The van der Waals surface area contributed by atoms with E-state index in [0.29, 0.717) is 10.6 Å². The van der Waals surface area contributed by atoms with Crippen molar-refractivity contribution in [1.29, 1.82) is 0 Å². The van der Waals surface area contributed by atoms with Gasteiger partial charge >= 0.3 is 6.18 Å². The second-order valence-corrected chi connectivity index (χ2v) is 6.74. The summed E-state index contributed by atoms with van der Waals surface area (Å²) >= 11 is 2.06. The second kappa shape index (κ2) is 6.45. The minimum atomic E-state index is -4.18. The summed E-state index contributed by atoms with van der Waals surface area (Å²) in [5.41, 5.74) is 2.44. The Morgan fingerprint density at radius 2 is 1.91 bits per heavy atom. The van der Waals surface area contributed by atoms with E-state index in [0.717, 1.165) is 33.5 Å². The van der Waals surface area contributed by atoms with Gasteiger partial charge in [-0.25, -0.2) is 4.99 Å². The van der Waals surface area contributed by atoms with Gasteiger partial charge in [-0.05, 0) is 38.0 Å². The highest BCUT2D eigenvalue weighted by molar-refractivity contribution is 7.99. The van der Waals surface area contributed by atoms with Crippen LogP contribution in [0.1, 0.15) is 17.0 Å². The molecule has 0 fully saturated rings. The summed E-state index contributed by atoms with van der Waals surface area (Å²) in [6.45, 7) is 5.59. The van der Waals surface area contributed by atoms with E-state index in [1.54, 1.807) is 6.07 Å². The molecule has 0 saturated carbocycles. The Hall–Kier alpha value is -1.28. The van der Waals surface area contributed by atoms with E-state index in [2.05, 4.69) is 9.37 Å². The third kappa shape index (κ3) is 4.13. The lowest BCUT2D eigenvalue weighted by atomic mass is 10.1. The fourth-order valence-corrected chi connectivity index (χ4v) is 3.35. The zero-order chi connectivity index (χ0) is 16.5. The number of halogens is 3. The summed E-state index contributed by atoms with van der Waals surface area (Å²) < 4.78 is 43.3. The van der Waals surface area contributed by atoms with Gasteiger partial charge in [0.25, 0.3) is 0 Å². The monoisotopic (exact) mass is 347 g/mol. The molecule has 3 nitrogen and oxygen atoms in total. The Morgan fingerprint density at radius 1 is 1.23 bits per heavy atom. The van der Waals surface area contributed by atoms with Crippen LogP contribution in [0.25, 0.3) is 0 Å². The number of hydrogen-bond donors (Lipinski definition) is 0. The third-order valence-electron chi connectivity index (χ3n) is 3.13. The number of hydrogen-bond acceptors (Lipinski definition) is 4. The van der Waals surface area contributed by atoms with Crippen molar-refractivity contribution in [3.63, 3.8) is 0 Å². The Bertz CT molecular complexity index is 745. The van der Waals surface area contributed by atoms with Crippen LogP contribution in [0.3, 0.4) is 0 Å². The molecular formula is C14H16F3N3S2. The van der Waals surface area contributed by atoms with E-state index >= 15 is 0 Å². The molecule has 22 heavy (non-hydrogen) atoms. The lowest BCUT2D eigenvalue weighted by Gasteiger charge is -2.10. The highest BCUT2D eigenvalue weighted by atomic mass is 32.2. The molecule has 0 aliphatic heterocycles. The van der Waals surface area contributed by atoms with Gasteiger partial charge in [-0.15, -0.1) is 11.8 Å². The Morgan fingerprint density at radius 3 is 2.45 bits per heavy atom. The van der Waals surface area contributed by atoms with Crippen LogP contribution >= 0.6 is 23.3 Å². The van der Waals surface area contributed by atoms with Gasteiger partial charge < -0.3 is 4.57 Å². The number of aromatic nitrogens is 2. The summed E-state index contributed by atoms with van der Waals surface area (Å²) in [6.07, 6.45) is -4.18. The Labute approximate surface area is 135 Å². The van der Waals surface area contributed by atoms with Crippen molar-refractivity contribution in [2.45, 2.75) is 31.8 Å². The fourth-order valence-electron chi connectivity index (χ4n) is 1.82. The molecule has 0 aliphatic rings. The zero-order valence-electron chi connectivity index (χ0n) is 12.7. The van der Waals surface area contributed by atoms with E-state index in [1.165, 1.54) is 11.5 Å². The van der Waals surface area contributed by atoms with Crippen LogP contribution in [0.5, 0.6) is 0 Å². The van der Waals surface area contributed by atoms with E-state index in [9.17, 15) is 13.2 Å². The number of alkyl halides is 3. The molecule has 2 aromatic rings. The number of thioether (sulfide) groups is 1. The lowest BCUT2D eigenvalue weighted by Crippen LogP contribution is -2.11. The molecule has 0 saturated heterocycles. The first-order chi connectivity index (χ1) is 10.2. The summed E-state index contributed by atoms with van der Waals surface area (Å²) in [6, 6.07) is 3.58. The maximum atomic E-state index is 12.4. The van der Waals surface area contributed by atoms with Crippen LogP contribution < -0.4 is 4.80 Å². The van der Waals surface area contributed by atoms with Crippen molar-refractivity contribution < 1.29 is 13.2 Å². The van der Waals surface area contributed by atoms with Crippen LogP contribution in [-0.4, -0.2) is 20.9 Å². The molecule has 1 aromatic carbocycles. The molecule has 1 aromatic heterocycles. The van der Waals surface area contributed by atoms with Gasteiger partial charge in [0.2, 0.25) is 4.80 Å². The molecule has 8 heteroatoms. The van der Waals surface area contributed by atoms with Gasteiger partial charge in [-0.1, -0.05) is 6.07 Å². The van der Waals surface area contributed by atoms with Crippen molar-refractivity contribution in [3.05, 3.63) is 33.9 Å². The minimum absolute atomic E-state index is 0.602. The topological polar surface area (TPSA) is 30.2 Å². The van der Waals surface area contributed by atoms with Gasteiger partial charge in [0.05, 0.1) is 11.4 Å². The molecule has 0 spiro atoms. The van der Waals surface area contributed by atoms with Gasteiger partial charge in [0, 0.05) is 23.5 Å². The highest BCUT2D eigenvalue weighted by Crippen LogP contribution is 2.33. The predicted molar refractivity (Wildman–Crippen MR) is 83.7 cm³/mol. The van der Waals surface area contributed by atoms with Crippen molar-refractivity contribution in [2.24, 2.45) is 12.0 Å². The average Bonchev–Trinajstić information content (AvgIpc) is 2.71. The van der Waals surface area contributed by atoms with Gasteiger partial charge in [0.15, 0.2) is 0 Å². The first kappa shape index (κ1) is 17.1. The quantitative estimate of drug-likeness (QED) is 0.775. The molecule has 2 rings (SSSR count). The van der Waals surface area contributed by atoms with Crippen LogP contribution in [-0.2, 0) is 7.05 Å². The van der Waals surface area contributed by atoms with Crippen molar-refractivity contribution in [3.8, 4) is 0 Å². The molecule has 120 valence electrons. The molecule has 0 aliphatic carbocycles. The van der Waals surface area contributed by atoms with Crippen molar-refractivity contribution >= 4 is 29.0 Å². The van der Waals surface area contributed by atoms with E-state index in [4.69, 9.17) is 0 Å². The molecule has 0 radical (unpaired) electrons. The van der Waals surface area contributed by atoms with Gasteiger partial charge in [0.1, 0.15) is 5.82 Å². The van der Waals surface area contributed by atoms with E-state index in [-0.39, 0.29) is 0 Å². The molecular weight excluding hydrogens is 331 g/mol.